The number of halogens is 1. The van der Waals surface area contributed by atoms with Crippen molar-refractivity contribution in [2.45, 2.75) is 32.2 Å². The van der Waals surface area contributed by atoms with Gasteiger partial charge in [-0.25, -0.2) is 9.37 Å². The number of imidazole rings is 1. The van der Waals surface area contributed by atoms with E-state index < -0.39 is 17.8 Å². The summed E-state index contributed by atoms with van der Waals surface area (Å²) in [6.45, 7) is 1.91. The van der Waals surface area contributed by atoms with Gasteiger partial charge in [-0.15, -0.1) is 0 Å². The predicted octanol–water partition coefficient (Wildman–Crippen LogP) is 2.99. The van der Waals surface area contributed by atoms with E-state index >= 15 is 0 Å². The van der Waals surface area contributed by atoms with Gasteiger partial charge in [-0.05, 0) is 38.3 Å². The quantitative estimate of drug-likeness (QED) is 0.834. The lowest BCUT2D eigenvalue weighted by molar-refractivity contribution is -0.152. The molecule has 0 saturated carbocycles. The van der Waals surface area contributed by atoms with Crippen LogP contribution in [0.1, 0.15) is 38.1 Å². The monoisotopic (exact) mass is 345 g/mol. The zero-order valence-electron chi connectivity index (χ0n) is 13.9. The summed E-state index contributed by atoms with van der Waals surface area (Å²) in [7, 11) is 0. The van der Waals surface area contributed by atoms with Gasteiger partial charge in [0.05, 0.1) is 17.9 Å². The summed E-state index contributed by atoms with van der Waals surface area (Å²) in [6.07, 6.45) is 4.11. The summed E-state index contributed by atoms with van der Waals surface area (Å²) >= 11 is 0. The first-order valence-corrected chi connectivity index (χ1v) is 8.31. The Bertz CT molecular complexity index is 789. The molecule has 0 bridgehead atoms. The number of carbonyl (C=O) groups excluding carboxylic acids is 1. The van der Waals surface area contributed by atoms with Gasteiger partial charge in [-0.2, -0.15) is 0 Å². The maximum Gasteiger partial charge on any atom is 0.315 e. The van der Waals surface area contributed by atoms with Crippen LogP contribution < -0.4 is 0 Å². The Kier molecular flexibility index (Phi) is 4.83. The number of aromatic amines is 1. The number of amides is 1. The number of carboxylic acids is 1. The molecule has 1 aromatic heterocycles. The molecule has 2 aromatic rings. The molecular formula is C18H20FN3O3. The summed E-state index contributed by atoms with van der Waals surface area (Å²) in [5.41, 5.74) is 1.34. The number of piperidine rings is 1. The second-order valence-corrected chi connectivity index (χ2v) is 6.30. The van der Waals surface area contributed by atoms with E-state index in [1.165, 1.54) is 19.1 Å². The zero-order valence-corrected chi connectivity index (χ0v) is 13.9. The van der Waals surface area contributed by atoms with Crippen LogP contribution >= 0.6 is 0 Å². The molecule has 1 saturated heterocycles. The molecule has 1 amide bonds. The molecule has 2 heterocycles. The summed E-state index contributed by atoms with van der Waals surface area (Å²) in [4.78, 5) is 32.8. The van der Waals surface area contributed by atoms with Gasteiger partial charge < -0.3 is 15.0 Å². The highest BCUT2D eigenvalue weighted by Gasteiger charge is 2.34. The van der Waals surface area contributed by atoms with Crippen LogP contribution in [0, 0.1) is 11.7 Å². The van der Waals surface area contributed by atoms with Crippen LogP contribution in [0.15, 0.2) is 30.5 Å². The van der Waals surface area contributed by atoms with Crippen molar-refractivity contribution in [2.75, 3.05) is 6.54 Å². The van der Waals surface area contributed by atoms with Crippen molar-refractivity contribution in [1.82, 2.24) is 14.9 Å². The van der Waals surface area contributed by atoms with Crippen LogP contribution in [0.25, 0.3) is 11.3 Å². The van der Waals surface area contributed by atoms with Gasteiger partial charge in [0, 0.05) is 12.1 Å². The van der Waals surface area contributed by atoms with Crippen LogP contribution in [0.3, 0.4) is 0 Å². The number of likely N-dealkylation sites (tertiary alicyclic amines) is 1. The average molecular weight is 345 g/mol. The lowest BCUT2D eigenvalue weighted by atomic mass is 9.99. The summed E-state index contributed by atoms with van der Waals surface area (Å²) in [5, 5.41) is 9.11. The minimum atomic E-state index is -1.13. The predicted molar refractivity (Wildman–Crippen MR) is 89.1 cm³/mol. The number of benzene rings is 1. The number of rotatable bonds is 4. The first-order chi connectivity index (χ1) is 12.0. The number of H-pyrrole nitrogens is 1. The first-order valence-electron chi connectivity index (χ1n) is 8.31. The zero-order chi connectivity index (χ0) is 18.0. The number of carboxylic acid groups (broad SMARTS) is 1. The van der Waals surface area contributed by atoms with Crippen LogP contribution in [0.5, 0.6) is 0 Å². The molecule has 2 atom stereocenters. The highest BCUT2D eigenvalue weighted by Crippen LogP contribution is 2.31. The van der Waals surface area contributed by atoms with Crippen LogP contribution in [-0.2, 0) is 9.59 Å². The Morgan fingerprint density at radius 3 is 2.92 bits per heavy atom. The van der Waals surface area contributed by atoms with Crippen molar-refractivity contribution in [1.29, 1.82) is 0 Å². The van der Waals surface area contributed by atoms with Crippen molar-refractivity contribution in [3.63, 3.8) is 0 Å². The molecule has 3 rings (SSSR count). The third kappa shape index (κ3) is 3.55. The van der Waals surface area contributed by atoms with E-state index in [-0.39, 0.29) is 11.9 Å². The van der Waals surface area contributed by atoms with Gasteiger partial charge in [0.25, 0.3) is 0 Å². The summed E-state index contributed by atoms with van der Waals surface area (Å²) < 4.78 is 13.4. The molecular weight excluding hydrogens is 325 g/mol. The number of hydrogen-bond acceptors (Lipinski definition) is 3. The van der Waals surface area contributed by atoms with Crippen LogP contribution in [-0.4, -0.2) is 38.4 Å². The Morgan fingerprint density at radius 1 is 1.40 bits per heavy atom. The average Bonchev–Trinajstić information content (AvgIpc) is 3.10. The third-order valence-corrected chi connectivity index (χ3v) is 4.57. The van der Waals surface area contributed by atoms with Gasteiger partial charge in [0.15, 0.2) is 0 Å². The van der Waals surface area contributed by atoms with Crippen molar-refractivity contribution < 1.29 is 19.1 Å². The van der Waals surface area contributed by atoms with Crippen LogP contribution in [0.4, 0.5) is 4.39 Å². The molecule has 1 aromatic carbocycles. The number of nitrogens with zero attached hydrogens (tertiary/aromatic N) is 2. The van der Waals surface area contributed by atoms with Crippen LogP contribution in [0.2, 0.25) is 0 Å². The van der Waals surface area contributed by atoms with E-state index in [0.29, 0.717) is 30.0 Å². The molecule has 25 heavy (non-hydrogen) atoms. The maximum atomic E-state index is 13.4. The van der Waals surface area contributed by atoms with Crippen molar-refractivity contribution in [3.05, 3.63) is 42.1 Å². The fourth-order valence-corrected chi connectivity index (χ4v) is 3.14. The van der Waals surface area contributed by atoms with Gasteiger partial charge in [0.2, 0.25) is 5.91 Å². The summed E-state index contributed by atoms with van der Waals surface area (Å²) in [6, 6.07) is 5.89. The Hall–Kier alpha value is -2.70. The van der Waals surface area contributed by atoms with E-state index in [1.54, 1.807) is 23.2 Å². The lowest BCUT2D eigenvalue weighted by Crippen LogP contribution is -2.43. The van der Waals surface area contributed by atoms with E-state index in [0.717, 1.165) is 12.8 Å². The molecule has 2 unspecified atom stereocenters. The number of hydrogen-bond donors (Lipinski definition) is 2. The molecule has 0 aliphatic carbocycles. The number of nitrogens with one attached hydrogen (secondary N) is 1. The fourth-order valence-electron chi connectivity index (χ4n) is 3.14. The second-order valence-electron chi connectivity index (χ2n) is 6.30. The number of aromatic nitrogens is 2. The number of aliphatic carboxylic acids is 1. The molecule has 1 aliphatic rings. The van der Waals surface area contributed by atoms with Crippen molar-refractivity contribution >= 4 is 11.9 Å². The molecule has 0 spiro atoms. The standard InChI is InChI=1S/C18H20FN3O3/c1-11(18(24)25)17(23)22-8-3-2-7-15(22)16-20-10-14(21-16)12-5-4-6-13(19)9-12/h4-6,9-11,15H,2-3,7-8H2,1H3,(H,20,21)(H,24,25). The highest BCUT2D eigenvalue weighted by molar-refractivity contribution is 5.96. The second kappa shape index (κ2) is 7.04. The van der Waals surface area contributed by atoms with Crippen molar-refractivity contribution in [3.8, 4) is 11.3 Å². The van der Waals surface area contributed by atoms with E-state index in [1.807, 2.05) is 0 Å². The van der Waals surface area contributed by atoms with E-state index in [9.17, 15) is 14.0 Å². The Balaban J connectivity index is 1.86. The maximum absolute atomic E-state index is 13.4. The molecule has 1 fully saturated rings. The smallest absolute Gasteiger partial charge is 0.315 e. The lowest BCUT2D eigenvalue weighted by Gasteiger charge is -2.35. The highest BCUT2D eigenvalue weighted by atomic mass is 19.1. The van der Waals surface area contributed by atoms with Crippen molar-refractivity contribution in [2.24, 2.45) is 5.92 Å². The molecule has 6 nitrogen and oxygen atoms in total. The normalized spacial score (nSPS) is 18.8. The minimum absolute atomic E-state index is 0.287. The topological polar surface area (TPSA) is 86.3 Å². The first kappa shape index (κ1) is 17.1. The summed E-state index contributed by atoms with van der Waals surface area (Å²) in [5.74, 6) is -2.35. The van der Waals surface area contributed by atoms with Gasteiger partial charge in [-0.1, -0.05) is 12.1 Å². The molecule has 2 N–H and O–H groups in total. The number of carbonyl (C=O) groups is 2. The van der Waals surface area contributed by atoms with Gasteiger partial charge in [0.1, 0.15) is 17.6 Å². The SMILES string of the molecule is CC(C(=O)O)C(=O)N1CCCCC1c1ncc(-c2cccc(F)c2)[nH]1. The van der Waals surface area contributed by atoms with E-state index in [4.69, 9.17) is 5.11 Å². The molecule has 132 valence electrons. The molecule has 0 radical (unpaired) electrons. The fraction of sp³-hybridized carbons (Fsp3) is 0.389. The Labute approximate surface area is 144 Å². The molecule has 7 heteroatoms. The van der Waals surface area contributed by atoms with Gasteiger partial charge >= 0.3 is 5.97 Å². The largest absolute Gasteiger partial charge is 0.481 e. The minimum Gasteiger partial charge on any atom is -0.481 e. The third-order valence-electron chi connectivity index (χ3n) is 4.57. The molecule has 1 aliphatic heterocycles. The van der Waals surface area contributed by atoms with E-state index in [2.05, 4.69) is 9.97 Å². The van der Waals surface area contributed by atoms with Gasteiger partial charge in [-0.3, -0.25) is 9.59 Å². The Morgan fingerprint density at radius 2 is 2.20 bits per heavy atom.